The maximum Gasteiger partial charge on any atom is 0.165 e. The van der Waals surface area contributed by atoms with E-state index in [2.05, 4.69) is 16.0 Å². The van der Waals surface area contributed by atoms with Crippen LogP contribution in [-0.4, -0.2) is 43.1 Å². The van der Waals surface area contributed by atoms with E-state index in [1.54, 1.807) is 17.0 Å². The van der Waals surface area contributed by atoms with E-state index >= 15 is 0 Å². The maximum atomic E-state index is 14.8. The summed E-state index contributed by atoms with van der Waals surface area (Å²) < 4.78 is 21.8. The minimum atomic E-state index is -0.992. The first-order valence-corrected chi connectivity index (χ1v) is 14.1. The number of methoxy groups -OCH3 is 1. The van der Waals surface area contributed by atoms with Crippen molar-refractivity contribution in [2.24, 2.45) is 5.92 Å². The topological polar surface area (TPSA) is 102 Å². The molecule has 8 nitrogen and oxygen atoms in total. The zero-order valence-electron chi connectivity index (χ0n) is 21.3. The van der Waals surface area contributed by atoms with Crippen molar-refractivity contribution in [3.8, 4) is 17.0 Å². The first-order valence-electron chi connectivity index (χ1n) is 12.8. The second-order valence-corrected chi connectivity index (χ2v) is 11.2. The summed E-state index contributed by atoms with van der Waals surface area (Å²) >= 11 is 7.98. The fourth-order valence-corrected chi connectivity index (χ4v) is 6.74. The quantitative estimate of drug-likeness (QED) is 0.275. The van der Waals surface area contributed by atoms with Crippen molar-refractivity contribution in [1.82, 2.24) is 24.6 Å². The molecule has 3 N–H and O–H groups in total. The van der Waals surface area contributed by atoms with Crippen LogP contribution in [0.1, 0.15) is 24.4 Å². The number of aliphatic hydroxyl groups excluding tert-OH is 1. The number of aromatic nitrogens is 4. The van der Waals surface area contributed by atoms with E-state index in [0.29, 0.717) is 27.4 Å². The van der Waals surface area contributed by atoms with Crippen LogP contribution in [-0.2, 0) is 0 Å². The molecule has 2 atom stereocenters. The Bertz CT molecular complexity index is 1750. The number of hydrogen-bond acceptors (Lipinski definition) is 8. The van der Waals surface area contributed by atoms with E-state index in [-0.39, 0.29) is 23.5 Å². The van der Waals surface area contributed by atoms with Crippen LogP contribution in [0.4, 0.5) is 10.2 Å². The van der Waals surface area contributed by atoms with Gasteiger partial charge in [0.1, 0.15) is 23.0 Å². The normalized spacial score (nSPS) is 19.5. The van der Waals surface area contributed by atoms with Gasteiger partial charge in [0, 0.05) is 16.5 Å². The molecule has 0 saturated heterocycles. The average molecular weight is 575 g/mol. The molecule has 1 saturated carbocycles. The summed E-state index contributed by atoms with van der Waals surface area (Å²) in [5, 5.41) is 20.4. The van der Waals surface area contributed by atoms with Crippen LogP contribution in [0, 0.1) is 11.7 Å². The lowest BCUT2D eigenvalue weighted by Crippen LogP contribution is -2.35. The Morgan fingerprint density at radius 1 is 1.15 bits per heavy atom. The molecule has 0 radical (unpaired) electrons. The molecular weight excluding hydrogens is 551 g/mol. The second-order valence-electron chi connectivity index (χ2n) is 9.90. The van der Waals surface area contributed by atoms with Gasteiger partial charge in [-0.25, -0.2) is 19.0 Å². The number of nitrogens with zero attached hydrogens (tertiary/aromatic N) is 5. The van der Waals surface area contributed by atoms with Crippen molar-refractivity contribution in [3.05, 3.63) is 93.5 Å². The highest BCUT2D eigenvalue weighted by molar-refractivity contribution is 8.06. The fraction of sp³-hybridized carbons (Fsp3) is 0.207. The lowest BCUT2D eigenvalue weighted by atomic mass is 9.89. The van der Waals surface area contributed by atoms with Crippen molar-refractivity contribution in [2.45, 2.75) is 25.1 Å². The lowest BCUT2D eigenvalue weighted by Gasteiger charge is -2.36. The summed E-state index contributed by atoms with van der Waals surface area (Å²) in [4.78, 5) is 10.6. The number of anilines is 1. The average Bonchev–Trinajstić information content (AvgIpc) is 3.61. The summed E-state index contributed by atoms with van der Waals surface area (Å²) in [5.41, 5.74) is 10.5. The number of hydrogen-bond donors (Lipinski definition) is 2. The first kappa shape index (κ1) is 25.1. The number of rotatable bonds is 6. The van der Waals surface area contributed by atoms with Crippen LogP contribution in [0.2, 0.25) is 0 Å². The largest absolute Gasteiger partial charge is 0.494 e. The molecule has 3 aliphatic rings. The van der Waals surface area contributed by atoms with Crippen molar-refractivity contribution >= 4 is 45.8 Å². The number of nitrogens with two attached hydrogens (primary N) is 1. The van der Waals surface area contributed by atoms with Crippen molar-refractivity contribution < 1.29 is 14.2 Å². The smallest absolute Gasteiger partial charge is 0.165 e. The van der Waals surface area contributed by atoms with Crippen LogP contribution in [0.15, 0.2) is 82.1 Å². The molecule has 2 aromatic heterocycles. The first-order chi connectivity index (χ1) is 19.5. The van der Waals surface area contributed by atoms with Gasteiger partial charge in [0.25, 0.3) is 0 Å². The predicted octanol–water partition coefficient (Wildman–Crippen LogP) is 5.89. The standard InChI is InChI=1S/C29H24ClFN6O2S/c1-39-20-10-9-17(11-19(20)31)25-24-27(32)33-14-34-28(24)37(35-25)26(16-7-8-16)18-12-22-36(21(30)13-40-22)29(38)23(18)15-5-3-2-4-6-15/h2-6,9-14,16,26,29,38H,7-8H2,1H3,(H2,32,33,34)/t26?,29-/m0/s1. The van der Waals surface area contributed by atoms with Gasteiger partial charge in [-0.1, -0.05) is 53.7 Å². The van der Waals surface area contributed by atoms with Gasteiger partial charge in [-0.2, -0.15) is 5.10 Å². The Morgan fingerprint density at radius 3 is 2.67 bits per heavy atom. The highest BCUT2D eigenvalue weighted by Gasteiger charge is 2.43. The molecule has 1 aliphatic carbocycles. The fourth-order valence-electron chi connectivity index (χ4n) is 5.54. The van der Waals surface area contributed by atoms with Gasteiger partial charge in [0.05, 0.1) is 23.6 Å². The SMILES string of the molecule is COc1ccc(-c2nn(C(C3=C(c4ccccc4)[C@H](O)N4C(Cl)=CSC4=C3)C3CC3)c3ncnc(N)c23)cc1F. The molecule has 1 unspecified atom stereocenters. The third kappa shape index (κ3) is 3.97. The number of aliphatic hydroxyl groups is 1. The number of halogens is 2. The van der Waals surface area contributed by atoms with E-state index < -0.39 is 12.0 Å². The maximum absolute atomic E-state index is 14.8. The van der Waals surface area contributed by atoms with E-state index in [1.807, 2.05) is 40.4 Å². The molecule has 0 bridgehead atoms. The van der Waals surface area contributed by atoms with Crippen LogP contribution >= 0.6 is 23.4 Å². The second kappa shape index (κ2) is 9.65. The molecule has 1 fully saturated rings. The number of allylic oxidation sites excluding steroid dienone is 2. The Balaban J connectivity index is 1.48. The minimum Gasteiger partial charge on any atom is -0.494 e. The van der Waals surface area contributed by atoms with Gasteiger partial charge in [-0.3, -0.25) is 4.90 Å². The molecule has 4 aromatic rings. The van der Waals surface area contributed by atoms with Crippen LogP contribution < -0.4 is 10.5 Å². The number of benzene rings is 2. The zero-order chi connectivity index (χ0) is 27.5. The Kier molecular flexibility index (Phi) is 6.06. The highest BCUT2D eigenvalue weighted by atomic mass is 35.5. The lowest BCUT2D eigenvalue weighted by molar-refractivity contribution is 0.115. The van der Waals surface area contributed by atoms with Crippen molar-refractivity contribution in [2.75, 3.05) is 12.8 Å². The summed E-state index contributed by atoms with van der Waals surface area (Å²) in [6.45, 7) is 0. The Labute approximate surface area is 238 Å². The zero-order valence-corrected chi connectivity index (χ0v) is 22.9. The number of ether oxygens (including phenoxy) is 1. The minimum absolute atomic E-state index is 0.138. The third-order valence-electron chi connectivity index (χ3n) is 7.52. The van der Waals surface area contributed by atoms with Gasteiger partial charge < -0.3 is 15.6 Å². The summed E-state index contributed by atoms with van der Waals surface area (Å²) in [5.74, 6) is 0.136. The van der Waals surface area contributed by atoms with E-state index in [9.17, 15) is 9.50 Å². The van der Waals surface area contributed by atoms with E-state index in [0.717, 1.165) is 34.6 Å². The van der Waals surface area contributed by atoms with Crippen molar-refractivity contribution in [1.29, 1.82) is 0 Å². The molecule has 40 heavy (non-hydrogen) atoms. The number of fused-ring (bicyclic) bond motifs is 2. The summed E-state index contributed by atoms with van der Waals surface area (Å²) in [6.07, 6.45) is 4.48. The highest BCUT2D eigenvalue weighted by Crippen LogP contribution is 2.53. The molecule has 7 rings (SSSR count). The molecule has 0 amide bonds. The van der Waals surface area contributed by atoms with Crippen molar-refractivity contribution in [3.63, 3.8) is 0 Å². The van der Waals surface area contributed by atoms with E-state index in [1.165, 1.54) is 31.3 Å². The molecule has 0 spiro atoms. The number of thioether (sulfide) groups is 1. The summed E-state index contributed by atoms with van der Waals surface area (Å²) in [6, 6.07) is 14.2. The van der Waals surface area contributed by atoms with Crippen LogP contribution in [0.25, 0.3) is 27.9 Å². The van der Waals surface area contributed by atoms with Gasteiger partial charge in [0.2, 0.25) is 0 Å². The van der Waals surface area contributed by atoms with Gasteiger partial charge in [-0.05, 0) is 54.2 Å². The monoisotopic (exact) mass is 574 g/mol. The molecule has 2 aromatic carbocycles. The molecular formula is C29H24ClFN6O2S. The Hall–Kier alpha value is -3.86. The van der Waals surface area contributed by atoms with Gasteiger partial charge >= 0.3 is 0 Å². The summed E-state index contributed by atoms with van der Waals surface area (Å²) in [7, 11) is 1.42. The van der Waals surface area contributed by atoms with E-state index in [4.69, 9.17) is 27.2 Å². The molecule has 11 heteroatoms. The molecule has 4 heterocycles. The number of nitrogen functional groups attached to an aromatic ring is 1. The van der Waals surface area contributed by atoms with Gasteiger partial charge in [0.15, 0.2) is 23.4 Å². The predicted molar refractivity (Wildman–Crippen MR) is 154 cm³/mol. The van der Waals surface area contributed by atoms with Gasteiger partial charge in [-0.15, -0.1) is 0 Å². The Morgan fingerprint density at radius 2 is 1.95 bits per heavy atom. The van der Waals surface area contributed by atoms with Crippen LogP contribution in [0.5, 0.6) is 5.75 Å². The third-order valence-corrected chi connectivity index (χ3v) is 8.83. The van der Waals surface area contributed by atoms with Crippen LogP contribution in [0.3, 0.4) is 0 Å². The molecule has 2 aliphatic heterocycles. The molecule has 202 valence electrons.